The molecule has 1 heterocycles. The molecular weight excluding hydrogens is 396 g/mol. The average Bonchev–Trinajstić information content (AvgIpc) is 3.28. The zero-order valence-electron chi connectivity index (χ0n) is 16.6. The van der Waals surface area contributed by atoms with Crippen molar-refractivity contribution >= 4 is 21.6 Å². The van der Waals surface area contributed by atoms with E-state index < -0.39 is 15.9 Å². The van der Waals surface area contributed by atoms with Gasteiger partial charge in [0, 0.05) is 30.9 Å². The maximum Gasteiger partial charge on any atom is 0.259 e. The maximum atomic E-state index is 12.8. The molecule has 0 atom stereocenters. The van der Waals surface area contributed by atoms with E-state index in [1.165, 1.54) is 43.8 Å². The molecule has 1 amide bonds. The fraction of sp³-hybridized carbons (Fsp3) is 0.350. The fourth-order valence-corrected chi connectivity index (χ4v) is 4.78. The van der Waals surface area contributed by atoms with Gasteiger partial charge in [0.2, 0.25) is 10.0 Å². The van der Waals surface area contributed by atoms with Crippen LogP contribution in [0.3, 0.4) is 0 Å². The summed E-state index contributed by atoms with van der Waals surface area (Å²) >= 11 is 0. The number of amides is 1. The zero-order valence-corrected chi connectivity index (χ0v) is 17.4. The number of sulfonamides is 1. The number of nitrogens with one attached hydrogen (secondary N) is 1. The molecule has 0 saturated carbocycles. The Labute approximate surface area is 170 Å². The Kier molecular flexibility index (Phi) is 6.29. The quantitative estimate of drug-likeness (QED) is 0.740. The molecule has 3 rings (SSSR count). The molecule has 0 aliphatic carbocycles. The van der Waals surface area contributed by atoms with Crippen LogP contribution in [0.25, 0.3) is 0 Å². The Hall–Kier alpha value is -2.78. The first-order chi connectivity index (χ1) is 13.9. The number of nitrogens with zero attached hydrogens (tertiary/aromatic N) is 1. The van der Waals surface area contributed by atoms with Gasteiger partial charge in [-0.15, -0.1) is 0 Å². The second-order valence-corrected chi connectivity index (χ2v) is 8.44. The molecule has 2 aromatic rings. The van der Waals surface area contributed by atoms with Gasteiger partial charge in [-0.2, -0.15) is 4.31 Å². The second kappa shape index (κ2) is 8.71. The van der Waals surface area contributed by atoms with E-state index >= 15 is 0 Å². The summed E-state index contributed by atoms with van der Waals surface area (Å²) in [6.45, 7) is 1.03. The van der Waals surface area contributed by atoms with Crippen LogP contribution in [0.1, 0.15) is 23.2 Å². The third-order valence-electron chi connectivity index (χ3n) is 4.75. The topological polar surface area (TPSA) is 94.2 Å². The number of ether oxygens (including phenoxy) is 3. The molecule has 0 spiro atoms. The van der Waals surface area contributed by atoms with Crippen LogP contribution < -0.4 is 19.5 Å². The van der Waals surface area contributed by atoms with E-state index in [1.54, 1.807) is 18.2 Å². The van der Waals surface area contributed by atoms with Gasteiger partial charge in [0.05, 0.1) is 31.8 Å². The van der Waals surface area contributed by atoms with Crippen LogP contribution in [0.2, 0.25) is 0 Å². The van der Waals surface area contributed by atoms with Crippen molar-refractivity contribution in [3.63, 3.8) is 0 Å². The van der Waals surface area contributed by atoms with Crippen LogP contribution in [0.15, 0.2) is 41.3 Å². The monoisotopic (exact) mass is 420 g/mol. The fourth-order valence-electron chi connectivity index (χ4n) is 3.22. The maximum absolute atomic E-state index is 12.8. The standard InChI is InChI=1S/C20H24N2O6S/c1-26-17-13-19(28-3)18(27-2)12-16(17)20(23)21-14-7-6-8-15(11-14)29(24,25)22-9-4-5-10-22/h6-8,11-13H,4-5,9-10H2,1-3H3,(H,21,23). The predicted octanol–water partition coefficient (Wildman–Crippen LogP) is 2.75. The van der Waals surface area contributed by atoms with Crippen LogP contribution in [-0.2, 0) is 10.0 Å². The number of hydrogen-bond acceptors (Lipinski definition) is 6. The van der Waals surface area contributed by atoms with Gasteiger partial charge in [-0.25, -0.2) is 8.42 Å². The first kappa shape index (κ1) is 20.9. The van der Waals surface area contributed by atoms with Crippen molar-refractivity contribution in [3.8, 4) is 17.2 Å². The van der Waals surface area contributed by atoms with Crippen molar-refractivity contribution in [3.05, 3.63) is 42.0 Å². The number of carbonyl (C=O) groups is 1. The second-order valence-electron chi connectivity index (χ2n) is 6.50. The molecule has 0 bridgehead atoms. The molecule has 9 heteroatoms. The first-order valence-corrected chi connectivity index (χ1v) is 10.6. The number of methoxy groups -OCH3 is 3. The highest BCUT2D eigenvalue weighted by molar-refractivity contribution is 7.89. The van der Waals surface area contributed by atoms with Crippen LogP contribution >= 0.6 is 0 Å². The van der Waals surface area contributed by atoms with E-state index in [0.29, 0.717) is 36.0 Å². The summed E-state index contributed by atoms with van der Waals surface area (Å²) in [5.74, 6) is 0.655. The van der Waals surface area contributed by atoms with E-state index in [2.05, 4.69) is 5.32 Å². The summed E-state index contributed by atoms with van der Waals surface area (Å²) in [5, 5.41) is 2.73. The minimum absolute atomic E-state index is 0.150. The highest BCUT2D eigenvalue weighted by Crippen LogP contribution is 2.35. The molecule has 1 fully saturated rings. The van der Waals surface area contributed by atoms with Gasteiger partial charge in [-0.05, 0) is 31.0 Å². The van der Waals surface area contributed by atoms with Crippen molar-refractivity contribution in [2.24, 2.45) is 0 Å². The average molecular weight is 420 g/mol. The molecule has 1 N–H and O–H groups in total. The lowest BCUT2D eigenvalue weighted by molar-refractivity contribution is 0.102. The Morgan fingerprint density at radius 2 is 1.55 bits per heavy atom. The molecule has 1 aliphatic rings. The Bertz CT molecular complexity index is 1000. The van der Waals surface area contributed by atoms with Crippen LogP contribution in [0.5, 0.6) is 17.2 Å². The predicted molar refractivity (Wildman–Crippen MR) is 108 cm³/mol. The molecule has 0 radical (unpaired) electrons. The van der Waals surface area contributed by atoms with Gasteiger partial charge >= 0.3 is 0 Å². The molecule has 8 nitrogen and oxygen atoms in total. The zero-order chi connectivity index (χ0) is 21.0. The largest absolute Gasteiger partial charge is 0.496 e. The van der Waals surface area contributed by atoms with Gasteiger partial charge in [-0.3, -0.25) is 4.79 Å². The third kappa shape index (κ3) is 4.30. The normalized spacial score (nSPS) is 14.4. The summed E-state index contributed by atoms with van der Waals surface area (Å²) < 4.78 is 42.8. The van der Waals surface area contributed by atoms with E-state index in [-0.39, 0.29) is 10.5 Å². The first-order valence-electron chi connectivity index (χ1n) is 9.12. The van der Waals surface area contributed by atoms with Gasteiger partial charge < -0.3 is 19.5 Å². The summed E-state index contributed by atoms with van der Waals surface area (Å²) in [6, 6.07) is 9.29. The van der Waals surface area contributed by atoms with Crippen molar-refractivity contribution in [1.82, 2.24) is 4.31 Å². The lowest BCUT2D eigenvalue weighted by Crippen LogP contribution is -2.27. The molecular formula is C20H24N2O6S. The van der Waals surface area contributed by atoms with Crippen molar-refractivity contribution in [2.75, 3.05) is 39.7 Å². The summed E-state index contributed by atoms with van der Waals surface area (Å²) in [4.78, 5) is 13.0. The molecule has 156 valence electrons. The number of anilines is 1. The van der Waals surface area contributed by atoms with E-state index in [0.717, 1.165) is 12.8 Å². The number of benzene rings is 2. The summed E-state index contributed by atoms with van der Waals surface area (Å²) in [7, 11) is 0.833. The van der Waals surface area contributed by atoms with Crippen molar-refractivity contribution < 1.29 is 27.4 Å². The van der Waals surface area contributed by atoms with Crippen molar-refractivity contribution in [2.45, 2.75) is 17.7 Å². The molecule has 2 aromatic carbocycles. The Morgan fingerprint density at radius 1 is 0.931 bits per heavy atom. The SMILES string of the molecule is COc1cc(OC)c(C(=O)Nc2cccc(S(=O)(=O)N3CCCC3)c2)cc1OC. The highest BCUT2D eigenvalue weighted by atomic mass is 32.2. The number of carbonyl (C=O) groups excluding carboxylic acids is 1. The minimum Gasteiger partial charge on any atom is -0.496 e. The molecule has 1 saturated heterocycles. The number of hydrogen-bond donors (Lipinski definition) is 1. The lowest BCUT2D eigenvalue weighted by Gasteiger charge is -2.17. The van der Waals surface area contributed by atoms with Crippen LogP contribution in [0, 0.1) is 0 Å². The smallest absolute Gasteiger partial charge is 0.259 e. The van der Waals surface area contributed by atoms with Gasteiger partial charge in [0.1, 0.15) is 5.75 Å². The number of rotatable bonds is 7. The summed E-state index contributed by atoms with van der Waals surface area (Å²) in [6.07, 6.45) is 1.71. The highest BCUT2D eigenvalue weighted by Gasteiger charge is 2.27. The lowest BCUT2D eigenvalue weighted by atomic mass is 10.1. The van der Waals surface area contributed by atoms with E-state index in [1.807, 2.05) is 0 Å². The van der Waals surface area contributed by atoms with Crippen LogP contribution in [0.4, 0.5) is 5.69 Å². The van der Waals surface area contributed by atoms with E-state index in [4.69, 9.17) is 14.2 Å². The minimum atomic E-state index is -3.57. The van der Waals surface area contributed by atoms with E-state index in [9.17, 15) is 13.2 Å². The Morgan fingerprint density at radius 3 is 2.17 bits per heavy atom. The molecule has 0 aromatic heterocycles. The Balaban J connectivity index is 1.88. The third-order valence-corrected chi connectivity index (χ3v) is 6.64. The molecule has 1 aliphatic heterocycles. The van der Waals surface area contributed by atoms with Gasteiger partial charge in [0.15, 0.2) is 11.5 Å². The molecule has 0 unspecified atom stereocenters. The van der Waals surface area contributed by atoms with Crippen molar-refractivity contribution in [1.29, 1.82) is 0 Å². The van der Waals surface area contributed by atoms with Gasteiger partial charge in [-0.1, -0.05) is 6.07 Å². The van der Waals surface area contributed by atoms with Crippen LogP contribution in [-0.4, -0.2) is 53.0 Å². The molecule has 29 heavy (non-hydrogen) atoms. The van der Waals surface area contributed by atoms with Gasteiger partial charge in [0.25, 0.3) is 5.91 Å². The summed E-state index contributed by atoms with van der Waals surface area (Å²) in [5.41, 5.74) is 0.602.